The van der Waals surface area contributed by atoms with Crippen LogP contribution in [0.25, 0.3) is 11.6 Å². The lowest BCUT2D eigenvalue weighted by Crippen LogP contribution is -2.20. The van der Waals surface area contributed by atoms with Gasteiger partial charge in [-0.15, -0.1) is 0 Å². The molecule has 0 saturated heterocycles. The van der Waals surface area contributed by atoms with Crippen molar-refractivity contribution in [1.29, 1.82) is 0 Å². The Morgan fingerprint density at radius 2 is 1.89 bits per heavy atom. The van der Waals surface area contributed by atoms with Crippen LogP contribution in [0.15, 0.2) is 35.1 Å². The summed E-state index contributed by atoms with van der Waals surface area (Å²) in [6, 6.07) is 6.44. The molecular formula is C20H21FN4O2. The lowest BCUT2D eigenvalue weighted by molar-refractivity contribution is 0.00326. The minimum atomic E-state index is -0.245. The van der Waals surface area contributed by atoms with Crippen LogP contribution in [0.3, 0.4) is 0 Å². The minimum Gasteiger partial charge on any atom is -0.365 e. The number of hydrogen-bond acceptors (Lipinski definition) is 5. The molecule has 1 aliphatic carbocycles. The third-order valence-electron chi connectivity index (χ3n) is 5.59. The van der Waals surface area contributed by atoms with Gasteiger partial charge in [0.2, 0.25) is 0 Å². The number of fused-ring (bicyclic) bond motifs is 1. The van der Waals surface area contributed by atoms with Gasteiger partial charge in [0, 0.05) is 5.92 Å². The summed E-state index contributed by atoms with van der Waals surface area (Å²) in [6.07, 6.45) is 7.67. The van der Waals surface area contributed by atoms with Crippen molar-refractivity contribution in [3.63, 3.8) is 0 Å². The van der Waals surface area contributed by atoms with Gasteiger partial charge in [-0.2, -0.15) is 4.98 Å². The Morgan fingerprint density at radius 1 is 1.07 bits per heavy atom. The lowest BCUT2D eigenvalue weighted by atomic mass is 9.89. The average Bonchev–Trinajstić information content (AvgIpc) is 3.36. The largest absolute Gasteiger partial charge is 0.365 e. The van der Waals surface area contributed by atoms with Crippen LogP contribution in [0, 0.1) is 5.82 Å². The Balaban J connectivity index is 1.37. The monoisotopic (exact) mass is 368 g/mol. The second kappa shape index (κ2) is 6.88. The van der Waals surface area contributed by atoms with Gasteiger partial charge in [-0.25, -0.2) is 9.37 Å². The number of hydrogen-bond donors (Lipinski definition) is 0. The van der Waals surface area contributed by atoms with E-state index in [-0.39, 0.29) is 11.9 Å². The Hall–Kier alpha value is -2.54. The van der Waals surface area contributed by atoms with E-state index < -0.39 is 0 Å². The molecule has 3 aromatic rings. The van der Waals surface area contributed by atoms with E-state index in [4.69, 9.17) is 9.26 Å². The van der Waals surface area contributed by atoms with E-state index in [1.165, 1.54) is 31.4 Å². The smallest absolute Gasteiger partial charge is 0.278 e. The van der Waals surface area contributed by atoms with Gasteiger partial charge in [-0.05, 0) is 30.5 Å². The number of halogens is 1. The zero-order valence-electron chi connectivity index (χ0n) is 15.0. The summed E-state index contributed by atoms with van der Waals surface area (Å²) in [5, 5.41) is 4.20. The summed E-state index contributed by atoms with van der Waals surface area (Å²) in [7, 11) is 0. The maximum Gasteiger partial charge on any atom is 0.278 e. The molecule has 1 aliphatic heterocycles. The van der Waals surface area contributed by atoms with Gasteiger partial charge in [0.25, 0.3) is 5.89 Å². The Bertz CT molecular complexity index is 928. The van der Waals surface area contributed by atoms with Crippen LogP contribution in [0.1, 0.15) is 61.2 Å². The average molecular weight is 368 g/mol. The molecular weight excluding hydrogens is 347 g/mol. The van der Waals surface area contributed by atoms with Gasteiger partial charge in [0.1, 0.15) is 11.9 Å². The molecule has 2 aliphatic rings. The van der Waals surface area contributed by atoms with Gasteiger partial charge in [0.15, 0.2) is 11.5 Å². The van der Waals surface area contributed by atoms with E-state index in [0.717, 1.165) is 29.9 Å². The fraction of sp³-hybridized carbons (Fsp3) is 0.450. The molecule has 27 heavy (non-hydrogen) atoms. The minimum absolute atomic E-state index is 0.124. The molecule has 1 fully saturated rings. The number of aromatic nitrogens is 4. The molecule has 0 spiro atoms. The molecule has 0 radical (unpaired) electrons. The van der Waals surface area contributed by atoms with Gasteiger partial charge in [0.05, 0.1) is 25.2 Å². The van der Waals surface area contributed by atoms with E-state index >= 15 is 0 Å². The van der Waals surface area contributed by atoms with Crippen LogP contribution in [0.5, 0.6) is 0 Å². The standard InChI is InChI=1S/C20H21FN4O2/c21-15-8-6-13(7-9-15)17-10-25-12-22-18(16(25)11-26-17)20-23-19(24-27-20)14-4-2-1-3-5-14/h6-9,12,14,17H,1-5,10-11H2/t17-/m0/s1. The molecule has 0 unspecified atom stereocenters. The number of ether oxygens (including phenoxy) is 1. The molecule has 1 saturated carbocycles. The fourth-order valence-electron chi connectivity index (χ4n) is 4.04. The normalized spacial score (nSPS) is 20.6. The number of nitrogens with zero attached hydrogens (tertiary/aromatic N) is 4. The summed E-state index contributed by atoms with van der Waals surface area (Å²) in [6.45, 7) is 1.02. The highest BCUT2D eigenvalue weighted by Crippen LogP contribution is 2.34. The number of benzene rings is 1. The third kappa shape index (κ3) is 3.16. The fourth-order valence-corrected chi connectivity index (χ4v) is 4.04. The SMILES string of the molecule is Fc1ccc([C@@H]2Cn3cnc(-c4nc(C5CCCCC5)no4)c3CO2)cc1. The van der Waals surface area contributed by atoms with Gasteiger partial charge in [-0.3, -0.25) is 0 Å². The Labute approximate surface area is 156 Å². The van der Waals surface area contributed by atoms with E-state index in [0.29, 0.717) is 30.7 Å². The van der Waals surface area contributed by atoms with Crippen LogP contribution < -0.4 is 0 Å². The van der Waals surface area contributed by atoms with Crippen molar-refractivity contribution in [1.82, 2.24) is 19.7 Å². The van der Waals surface area contributed by atoms with E-state index in [1.807, 2.05) is 0 Å². The maximum atomic E-state index is 13.1. The molecule has 0 N–H and O–H groups in total. The molecule has 7 heteroatoms. The van der Waals surface area contributed by atoms with Crippen molar-refractivity contribution >= 4 is 0 Å². The second-order valence-electron chi connectivity index (χ2n) is 7.34. The number of imidazole rings is 1. The van der Waals surface area contributed by atoms with E-state index in [2.05, 4.69) is 19.7 Å². The van der Waals surface area contributed by atoms with Crippen molar-refractivity contribution in [2.45, 2.75) is 57.3 Å². The summed E-state index contributed by atoms with van der Waals surface area (Å²) in [4.78, 5) is 9.12. The first kappa shape index (κ1) is 16.6. The Kier molecular flexibility index (Phi) is 4.24. The Morgan fingerprint density at radius 3 is 2.70 bits per heavy atom. The second-order valence-corrected chi connectivity index (χ2v) is 7.34. The highest BCUT2D eigenvalue weighted by molar-refractivity contribution is 5.51. The third-order valence-corrected chi connectivity index (χ3v) is 5.59. The first-order valence-electron chi connectivity index (χ1n) is 9.53. The van der Waals surface area contributed by atoms with Crippen LogP contribution >= 0.6 is 0 Å². The zero-order chi connectivity index (χ0) is 18.2. The quantitative estimate of drug-likeness (QED) is 0.686. The maximum absolute atomic E-state index is 13.1. The zero-order valence-corrected chi connectivity index (χ0v) is 15.0. The first-order chi connectivity index (χ1) is 13.3. The van der Waals surface area contributed by atoms with Gasteiger partial charge in [-0.1, -0.05) is 36.6 Å². The van der Waals surface area contributed by atoms with Crippen LogP contribution in [-0.4, -0.2) is 19.7 Å². The van der Waals surface area contributed by atoms with Crippen molar-refractivity contribution < 1.29 is 13.7 Å². The van der Waals surface area contributed by atoms with Gasteiger partial charge >= 0.3 is 0 Å². The summed E-state index contributed by atoms with van der Waals surface area (Å²) >= 11 is 0. The van der Waals surface area contributed by atoms with E-state index in [1.54, 1.807) is 18.5 Å². The highest BCUT2D eigenvalue weighted by atomic mass is 19.1. The molecule has 0 bridgehead atoms. The number of rotatable bonds is 3. The van der Waals surface area contributed by atoms with E-state index in [9.17, 15) is 4.39 Å². The molecule has 2 aromatic heterocycles. The summed E-state index contributed by atoms with van der Waals surface area (Å²) in [5.41, 5.74) is 2.59. The molecule has 1 atom stereocenters. The lowest BCUT2D eigenvalue weighted by Gasteiger charge is -2.25. The predicted molar refractivity (Wildman–Crippen MR) is 95.3 cm³/mol. The highest BCUT2D eigenvalue weighted by Gasteiger charge is 2.28. The van der Waals surface area contributed by atoms with Crippen molar-refractivity contribution in [3.8, 4) is 11.6 Å². The molecule has 0 amide bonds. The van der Waals surface area contributed by atoms with Gasteiger partial charge < -0.3 is 13.8 Å². The molecule has 3 heterocycles. The summed E-state index contributed by atoms with van der Waals surface area (Å²) in [5.74, 6) is 1.42. The summed E-state index contributed by atoms with van der Waals surface area (Å²) < 4.78 is 26.7. The van der Waals surface area contributed by atoms with Crippen molar-refractivity contribution in [2.24, 2.45) is 0 Å². The van der Waals surface area contributed by atoms with Crippen molar-refractivity contribution in [3.05, 3.63) is 53.5 Å². The topological polar surface area (TPSA) is 66.0 Å². The predicted octanol–water partition coefficient (Wildman–Crippen LogP) is 4.39. The van der Waals surface area contributed by atoms with Crippen LogP contribution in [-0.2, 0) is 17.9 Å². The first-order valence-corrected chi connectivity index (χ1v) is 9.53. The van der Waals surface area contributed by atoms with Crippen LogP contribution in [0.2, 0.25) is 0 Å². The molecule has 1 aromatic carbocycles. The molecule has 140 valence electrons. The molecule has 6 nitrogen and oxygen atoms in total. The van der Waals surface area contributed by atoms with Crippen LogP contribution in [0.4, 0.5) is 4.39 Å². The molecule has 5 rings (SSSR count). The van der Waals surface area contributed by atoms with Crippen molar-refractivity contribution in [2.75, 3.05) is 0 Å².